The van der Waals surface area contributed by atoms with Crippen molar-refractivity contribution in [1.82, 2.24) is 16.0 Å². The molecule has 0 aliphatic carbocycles. The molecule has 0 saturated carbocycles. The minimum Gasteiger partial charge on any atom is -0.486 e. The van der Waals surface area contributed by atoms with Crippen LogP contribution in [0.1, 0.15) is 63.8 Å². The summed E-state index contributed by atoms with van der Waals surface area (Å²) < 4.78 is 46.0. The zero-order valence-electron chi connectivity index (χ0n) is 30.2. The maximum Gasteiger partial charge on any atom is 0.414 e. The molecule has 15 heteroatoms. The van der Waals surface area contributed by atoms with Crippen LogP contribution in [0.15, 0.2) is 76.8 Å². The van der Waals surface area contributed by atoms with Crippen LogP contribution >= 0.6 is 0 Å². The summed E-state index contributed by atoms with van der Waals surface area (Å²) in [6.07, 6.45) is -1.93. The van der Waals surface area contributed by atoms with Gasteiger partial charge < -0.3 is 24.4 Å². The van der Waals surface area contributed by atoms with Crippen LogP contribution < -0.4 is 25.4 Å². The van der Waals surface area contributed by atoms with E-state index in [1.165, 1.54) is 6.07 Å². The summed E-state index contributed by atoms with van der Waals surface area (Å²) in [4.78, 5) is 43.1. The number of rotatable bonds is 12. The normalized spacial score (nSPS) is 11.5. The molecule has 0 saturated heterocycles. The Morgan fingerprint density at radius 3 is 2.02 bits per heavy atom. The van der Waals surface area contributed by atoms with Crippen LogP contribution in [-0.2, 0) is 42.2 Å². The summed E-state index contributed by atoms with van der Waals surface area (Å²) in [7, 11) is -3.99. The van der Waals surface area contributed by atoms with Crippen molar-refractivity contribution in [2.75, 3.05) is 17.9 Å². The first-order valence-corrected chi connectivity index (χ1v) is 17.6. The third kappa shape index (κ3) is 14.2. The van der Waals surface area contributed by atoms with Gasteiger partial charge in [-0.05, 0) is 95.4 Å². The number of guanidine groups is 1. The van der Waals surface area contributed by atoms with E-state index in [9.17, 15) is 22.8 Å². The van der Waals surface area contributed by atoms with Gasteiger partial charge in [-0.15, -0.1) is 0 Å². The van der Waals surface area contributed by atoms with Crippen molar-refractivity contribution in [3.63, 3.8) is 0 Å². The average Bonchev–Trinajstić information content (AvgIpc) is 3.00. The number of hydrogen-bond donors (Lipinski definition) is 4. The van der Waals surface area contributed by atoms with Crippen LogP contribution in [0.4, 0.5) is 15.3 Å². The van der Waals surface area contributed by atoms with E-state index in [0.717, 1.165) is 11.1 Å². The van der Waals surface area contributed by atoms with Crippen LogP contribution in [-0.4, -0.2) is 56.8 Å². The maximum absolute atomic E-state index is 13.4. The second kappa shape index (κ2) is 17.6. The lowest BCUT2D eigenvalue weighted by Gasteiger charge is -2.21. The van der Waals surface area contributed by atoms with Gasteiger partial charge in [0.25, 0.3) is 16.0 Å². The number of hydrogen-bond acceptors (Lipinski definition) is 10. The van der Waals surface area contributed by atoms with E-state index in [1.54, 1.807) is 85.7 Å². The fourth-order valence-electron chi connectivity index (χ4n) is 4.35. The number of sulfonamides is 1. The topological polar surface area (TPSA) is 183 Å². The van der Waals surface area contributed by atoms with Crippen molar-refractivity contribution in [1.29, 1.82) is 0 Å². The number of carbonyl (C=O) groups excluding carboxylic acids is 3. The highest BCUT2D eigenvalue weighted by Gasteiger charge is 2.23. The molecule has 276 valence electrons. The van der Waals surface area contributed by atoms with Gasteiger partial charge in [0.2, 0.25) is 5.91 Å². The number of nitrogens with zero attached hydrogens (tertiary/aromatic N) is 1. The first-order chi connectivity index (χ1) is 23.8. The Hall–Kier alpha value is -5.31. The third-order valence-electron chi connectivity index (χ3n) is 6.51. The van der Waals surface area contributed by atoms with Gasteiger partial charge in [0.05, 0.1) is 23.5 Å². The van der Waals surface area contributed by atoms with Crippen LogP contribution in [0, 0.1) is 13.8 Å². The van der Waals surface area contributed by atoms with E-state index in [2.05, 4.69) is 25.8 Å². The Morgan fingerprint density at radius 2 is 1.43 bits per heavy atom. The number of benzene rings is 3. The van der Waals surface area contributed by atoms with E-state index in [0.29, 0.717) is 11.1 Å². The van der Waals surface area contributed by atoms with Crippen molar-refractivity contribution >= 4 is 39.8 Å². The molecule has 0 spiro atoms. The Labute approximate surface area is 299 Å². The summed E-state index contributed by atoms with van der Waals surface area (Å²) in [6.45, 7) is 13.6. The lowest BCUT2D eigenvalue weighted by molar-refractivity contribution is -0.120. The van der Waals surface area contributed by atoms with E-state index < -0.39 is 39.3 Å². The van der Waals surface area contributed by atoms with E-state index >= 15 is 0 Å². The summed E-state index contributed by atoms with van der Waals surface area (Å²) in [5.41, 5.74) is 1.37. The second-order valence-corrected chi connectivity index (χ2v) is 15.2. The number of carbonyl (C=O) groups is 3. The molecule has 14 nitrogen and oxygen atoms in total. The van der Waals surface area contributed by atoms with Gasteiger partial charge in [-0.3, -0.25) is 20.2 Å². The van der Waals surface area contributed by atoms with Crippen molar-refractivity contribution in [2.24, 2.45) is 5.16 Å². The van der Waals surface area contributed by atoms with Gasteiger partial charge in [-0.2, -0.15) is 0 Å². The van der Waals surface area contributed by atoms with E-state index in [-0.39, 0.29) is 48.5 Å². The summed E-state index contributed by atoms with van der Waals surface area (Å²) in [6, 6.07) is 19.2. The Kier molecular flexibility index (Phi) is 13.8. The van der Waals surface area contributed by atoms with Crippen molar-refractivity contribution in [3.05, 3.63) is 89.0 Å². The lowest BCUT2D eigenvalue weighted by Crippen LogP contribution is -2.47. The van der Waals surface area contributed by atoms with E-state index in [1.807, 2.05) is 30.3 Å². The van der Waals surface area contributed by atoms with Gasteiger partial charge in [-0.25, -0.2) is 18.0 Å². The molecule has 0 bridgehead atoms. The average molecular weight is 726 g/mol. The fraction of sp³-hybridized carbons (Fsp3) is 0.389. The number of ether oxygens (including phenoxy) is 3. The van der Waals surface area contributed by atoms with Gasteiger partial charge in [-0.1, -0.05) is 48.5 Å². The van der Waals surface area contributed by atoms with Gasteiger partial charge >= 0.3 is 12.2 Å². The summed E-state index contributed by atoms with van der Waals surface area (Å²) in [5.74, 6) is -0.573. The number of alkyl carbamates (subject to hydrolysis) is 2. The Morgan fingerprint density at radius 1 is 0.804 bits per heavy atom. The third-order valence-corrected chi connectivity index (χ3v) is 7.88. The summed E-state index contributed by atoms with van der Waals surface area (Å²) in [5, 5.41) is 11.1. The molecule has 3 rings (SSSR count). The van der Waals surface area contributed by atoms with Crippen molar-refractivity contribution in [3.8, 4) is 5.75 Å². The molecule has 0 fully saturated rings. The summed E-state index contributed by atoms with van der Waals surface area (Å²) >= 11 is 0. The molecule has 51 heavy (non-hydrogen) atoms. The number of oxime groups is 1. The molecule has 0 aliphatic heterocycles. The predicted octanol–water partition coefficient (Wildman–Crippen LogP) is 5.68. The molecule has 0 heterocycles. The van der Waals surface area contributed by atoms with Crippen molar-refractivity contribution in [2.45, 2.75) is 84.5 Å². The SMILES string of the molecule is Cc1cccc(S(=O)(=O)Nc2ccc(C)c(CC(=O)NCCON=C(NC(=O)OC(C)(C)C)NC(=O)OC(C)(C)C)c2OCc2ccccc2)c1. The van der Waals surface area contributed by atoms with Crippen LogP contribution in [0.3, 0.4) is 0 Å². The number of amides is 3. The first-order valence-electron chi connectivity index (χ1n) is 16.2. The molecule has 0 radical (unpaired) electrons. The highest BCUT2D eigenvalue weighted by molar-refractivity contribution is 7.92. The standard InChI is InChI=1S/C36H47N5O9S/c1-24-13-12-16-27(21-24)51(45,46)41-29-18-17-25(2)28(31(29)47-23-26-14-10-9-11-15-26)22-30(42)37-19-20-48-40-32(38-33(43)49-35(3,4)5)39-34(44)50-36(6,7)8/h9-18,21,41H,19-20,22-23H2,1-8H3,(H,37,42)(H2,38,39,40,43,44). The minimum absolute atomic E-state index is 0.00653. The Bertz CT molecular complexity index is 1780. The van der Waals surface area contributed by atoms with Gasteiger partial charge in [0.15, 0.2) is 0 Å². The predicted molar refractivity (Wildman–Crippen MR) is 193 cm³/mol. The number of nitrogens with one attached hydrogen (secondary N) is 4. The zero-order chi connectivity index (χ0) is 37.8. The maximum atomic E-state index is 13.4. The van der Waals surface area contributed by atoms with Crippen LogP contribution in [0.2, 0.25) is 0 Å². The molecule has 3 amide bonds. The number of aryl methyl sites for hydroxylation is 2. The lowest BCUT2D eigenvalue weighted by atomic mass is 10.0. The highest BCUT2D eigenvalue weighted by atomic mass is 32.2. The zero-order valence-corrected chi connectivity index (χ0v) is 31.0. The largest absolute Gasteiger partial charge is 0.486 e. The monoisotopic (exact) mass is 725 g/mol. The molecule has 0 atom stereocenters. The molecular weight excluding hydrogens is 678 g/mol. The van der Waals surface area contributed by atoms with Gasteiger partial charge in [0.1, 0.15) is 30.2 Å². The number of anilines is 1. The fourth-order valence-corrected chi connectivity index (χ4v) is 5.52. The minimum atomic E-state index is -3.99. The quantitative estimate of drug-likeness (QED) is 0.0790. The Balaban J connectivity index is 1.74. The molecule has 0 aliphatic rings. The molecular formula is C36H47N5O9S. The van der Waals surface area contributed by atoms with Crippen molar-refractivity contribution < 1.29 is 41.8 Å². The van der Waals surface area contributed by atoms with Crippen LogP contribution in [0.5, 0.6) is 5.75 Å². The second-order valence-electron chi connectivity index (χ2n) is 13.5. The van der Waals surface area contributed by atoms with E-state index in [4.69, 9.17) is 19.0 Å². The first kappa shape index (κ1) is 40.1. The smallest absolute Gasteiger partial charge is 0.414 e. The van der Waals surface area contributed by atoms with Crippen LogP contribution in [0.25, 0.3) is 0 Å². The molecule has 0 unspecified atom stereocenters. The molecule has 4 N–H and O–H groups in total. The molecule has 3 aromatic carbocycles. The highest BCUT2D eigenvalue weighted by Crippen LogP contribution is 2.34. The molecule has 3 aromatic rings. The van der Waals surface area contributed by atoms with Gasteiger partial charge in [0, 0.05) is 5.56 Å². The molecule has 0 aromatic heterocycles.